The molecule has 1 atom stereocenters. The maximum Gasteiger partial charge on any atom is 0.272 e. The van der Waals surface area contributed by atoms with E-state index in [1.807, 2.05) is 32.0 Å². The van der Waals surface area contributed by atoms with Gasteiger partial charge in [0, 0.05) is 54.6 Å². The van der Waals surface area contributed by atoms with Crippen molar-refractivity contribution in [2.75, 3.05) is 12.4 Å². The molecule has 1 N–H and O–H groups in total. The van der Waals surface area contributed by atoms with Gasteiger partial charge in [-0.15, -0.1) is 0 Å². The summed E-state index contributed by atoms with van der Waals surface area (Å²) in [7, 11) is 1.42. The van der Waals surface area contributed by atoms with Crippen LogP contribution in [0.5, 0.6) is 0 Å². The number of carbonyl (C=O) groups is 1. The quantitative estimate of drug-likeness (QED) is 0.395. The molecule has 9 heteroatoms. The van der Waals surface area contributed by atoms with Gasteiger partial charge < -0.3 is 14.5 Å². The van der Waals surface area contributed by atoms with E-state index >= 15 is 0 Å². The molecule has 0 aromatic carbocycles. The van der Waals surface area contributed by atoms with Crippen molar-refractivity contribution in [1.82, 2.24) is 24.9 Å². The number of amides is 1. The number of ether oxygens (including phenoxy) is 1. The molecule has 1 unspecified atom stereocenters. The Labute approximate surface area is 201 Å². The summed E-state index contributed by atoms with van der Waals surface area (Å²) in [5.74, 6) is -0.441. The van der Waals surface area contributed by atoms with E-state index in [0.29, 0.717) is 11.4 Å². The third-order valence-corrected chi connectivity index (χ3v) is 5.97. The van der Waals surface area contributed by atoms with Crippen molar-refractivity contribution in [3.63, 3.8) is 0 Å². The van der Waals surface area contributed by atoms with E-state index in [0.717, 1.165) is 33.2 Å². The van der Waals surface area contributed by atoms with Gasteiger partial charge in [0.15, 0.2) is 0 Å². The maximum atomic E-state index is 13.9. The number of anilines is 1. The van der Waals surface area contributed by atoms with E-state index in [1.54, 1.807) is 43.2 Å². The molecule has 0 bridgehead atoms. The van der Waals surface area contributed by atoms with Crippen LogP contribution in [0.2, 0.25) is 0 Å². The van der Waals surface area contributed by atoms with Gasteiger partial charge in [-0.2, -0.15) is 0 Å². The maximum absolute atomic E-state index is 13.9. The Morgan fingerprint density at radius 2 is 1.71 bits per heavy atom. The lowest BCUT2D eigenvalue weighted by Crippen LogP contribution is -2.45. The van der Waals surface area contributed by atoms with Crippen molar-refractivity contribution in [2.45, 2.75) is 19.4 Å². The minimum atomic E-state index is -1.71. The predicted molar refractivity (Wildman–Crippen MR) is 129 cm³/mol. The first kappa shape index (κ1) is 22.3. The van der Waals surface area contributed by atoms with Crippen LogP contribution < -0.4 is 5.32 Å². The van der Waals surface area contributed by atoms with Crippen molar-refractivity contribution in [3.05, 3.63) is 96.6 Å². The number of aromatic nitrogens is 5. The average molecular weight is 467 g/mol. The average Bonchev–Trinajstić information content (AvgIpc) is 3.42. The molecule has 0 spiro atoms. The summed E-state index contributed by atoms with van der Waals surface area (Å²) in [5, 5.41) is 3.88. The standard InChI is InChI=1S/C26H22N6O3/c1-16-6-4-9-30-23(16)26(34-3,25-31-10-11-35-25)24(33)32-21-15-28-13-19(17(21)2)20-14-27-12-18-7-5-8-29-22(18)20/h4-15H,1-3H3,(H,32,33). The zero-order chi connectivity index (χ0) is 24.4. The van der Waals surface area contributed by atoms with Crippen LogP contribution in [-0.2, 0) is 15.1 Å². The van der Waals surface area contributed by atoms with Crippen LogP contribution >= 0.6 is 0 Å². The molecule has 5 aromatic rings. The third-order valence-electron chi connectivity index (χ3n) is 5.97. The van der Waals surface area contributed by atoms with Crippen molar-refractivity contribution in [2.24, 2.45) is 0 Å². The van der Waals surface area contributed by atoms with E-state index in [2.05, 4.69) is 30.2 Å². The first-order valence-electron chi connectivity index (χ1n) is 10.9. The number of fused-ring (bicyclic) bond motifs is 1. The summed E-state index contributed by atoms with van der Waals surface area (Å²) in [6.45, 7) is 3.75. The molecule has 0 saturated carbocycles. The largest absolute Gasteiger partial charge is 0.445 e. The number of aryl methyl sites for hydroxylation is 1. The van der Waals surface area contributed by atoms with Gasteiger partial charge in [-0.05, 0) is 43.2 Å². The van der Waals surface area contributed by atoms with Crippen LogP contribution in [0.4, 0.5) is 5.69 Å². The van der Waals surface area contributed by atoms with Crippen molar-refractivity contribution < 1.29 is 13.9 Å². The van der Waals surface area contributed by atoms with Crippen LogP contribution in [-0.4, -0.2) is 37.9 Å². The number of nitrogens with zero attached hydrogens (tertiary/aromatic N) is 5. The fraction of sp³-hybridized carbons (Fsp3) is 0.154. The second kappa shape index (κ2) is 9.03. The molecule has 1 amide bonds. The summed E-state index contributed by atoms with van der Waals surface area (Å²) in [6, 6.07) is 7.45. The van der Waals surface area contributed by atoms with E-state index in [1.165, 1.54) is 19.6 Å². The molecule has 5 aromatic heterocycles. The fourth-order valence-electron chi connectivity index (χ4n) is 4.16. The Kier molecular flexibility index (Phi) is 5.76. The van der Waals surface area contributed by atoms with Crippen molar-refractivity contribution in [1.29, 1.82) is 0 Å². The minimum Gasteiger partial charge on any atom is -0.445 e. The highest BCUT2D eigenvalue weighted by Gasteiger charge is 2.49. The second-order valence-electron chi connectivity index (χ2n) is 7.97. The Balaban J connectivity index is 1.61. The number of methoxy groups -OCH3 is 1. The lowest BCUT2D eigenvalue weighted by Gasteiger charge is -2.29. The molecule has 0 radical (unpaired) electrons. The molecule has 0 aliphatic carbocycles. The van der Waals surface area contributed by atoms with Crippen LogP contribution in [0.15, 0.2) is 78.3 Å². The van der Waals surface area contributed by atoms with Gasteiger partial charge in [0.2, 0.25) is 5.89 Å². The Morgan fingerprint density at radius 1 is 0.943 bits per heavy atom. The van der Waals surface area contributed by atoms with Gasteiger partial charge in [-0.1, -0.05) is 6.07 Å². The second-order valence-corrected chi connectivity index (χ2v) is 7.97. The minimum absolute atomic E-state index is 0.0727. The molecule has 0 fully saturated rings. The van der Waals surface area contributed by atoms with E-state index in [4.69, 9.17) is 9.15 Å². The lowest BCUT2D eigenvalue weighted by molar-refractivity contribution is -0.136. The highest BCUT2D eigenvalue weighted by atomic mass is 16.5. The monoisotopic (exact) mass is 466 g/mol. The van der Waals surface area contributed by atoms with Gasteiger partial charge in [0.05, 0.1) is 29.3 Å². The Morgan fingerprint density at radius 3 is 2.49 bits per heavy atom. The predicted octanol–water partition coefficient (Wildman–Crippen LogP) is 4.22. The summed E-state index contributed by atoms with van der Waals surface area (Å²) >= 11 is 0. The molecule has 0 aliphatic heterocycles. The van der Waals surface area contributed by atoms with E-state index < -0.39 is 11.5 Å². The lowest BCUT2D eigenvalue weighted by atomic mass is 9.93. The highest BCUT2D eigenvalue weighted by Crippen LogP contribution is 2.36. The molecule has 0 aliphatic rings. The summed E-state index contributed by atoms with van der Waals surface area (Å²) in [5.41, 5.74) is 3.13. The number of hydrogen-bond acceptors (Lipinski definition) is 8. The van der Waals surface area contributed by atoms with Crippen LogP contribution in [0, 0.1) is 13.8 Å². The smallest absolute Gasteiger partial charge is 0.272 e. The zero-order valence-corrected chi connectivity index (χ0v) is 19.4. The zero-order valence-electron chi connectivity index (χ0n) is 19.4. The normalized spacial score (nSPS) is 12.9. The van der Waals surface area contributed by atoms with Crippen molar-refractivity contribution >= 4 is 22.5 Å². The third kappa shape index (κ3) is 3.71. The first-order valence-corrected chi connectivity index (χ1v) is 10.9. The van der Waals surface area contributed by atoms with E-state index in [-0.39, 0.29) is 5.89 Å². The van der Waals surface area contributed by atoms with Gasteiger partial charge >= 0.3 is 0 Å². The number of oxazole rings is 1. The van der Waals surface area contributed by atoms with Gasteiger partial charge in [0.1, 0.15) is 6.26 Å². The molecular weight excluding hydrogens is 444 g/mol. The van der Waals surface area contributed by atoms with Crippen LogP contribution in [0.3, 0.4) is 0 Å². The highest BCUT2D eigenvalue weighted by molar-refractivity contribution is 6.01. The van der Waals surface area contributed by atoms with Gasteiger partial charge in [-0.3, -0.25) is 24.7 Å². The molecule has 174 valence electrons. The Bertz CT molecular complexity index is 1510. The fourth-order valence-corrected chi connectivity index (χ4v) is 4.16. The molecule has 0 saturated heterocycles. The molecule has 5 rings (SSSR count). The number of pyridine rings is 4. The molecule has 9 nitrogen and oxygen atoms in total. The number of hydrogen-bond donors (Lipinski definition) is 1. The van der Waals surface area contributed by atoms with Crippen LogP contribution in [0.25, 0.3) is 22.0 Å². The van der Waals surface area contributed by atoms with Crippen molar-refractivity contribution in [3.8, 4) is 11.1 Å². The van der Waals surface area contributed by atoms with Gasteiger partial charge in [-0.25, -0.2) is 4.98 Å². The number of carbonyl (C=O) groups excluding carboxylic acids is 1. The van der Waals surface area contributed by atoms with Gasteiger partial charge in [0.25, 0.3) is 11.5 Å². The molecule has 5 heterocycles. The topological polar surface area (TPSA) is 116 Å². The number of rotatable bonds is 6. The SMILES string of the molecule is COC(C(=O)Nc1cncc(-c2cncc3cccnc23)c1C)(c1ncco1)c1ncccc1C. The molecular formula is C26H22N6O3. The number of nitrogens with one attached hydrogen (secondary N) is 1. The molecule has 35 heavy (non-hydrogen) atoms. The first-order chi connectivity index (χ1) is 17.1. The summed E-state index contributed by atoms with van der Waals surface area (Å²) in [6.07, 6.45) is 13.0. The summed E-state index contributed by atoms with van der Waals surface area (Å²) in [4.78, 5) is 35.8. The van der Waals surface area contributed by atoms with E-state index in [9.17, 15) is 4.79 Å². The summed E-state index contributed by atoms with van der Waals surface area (Å²) < 4.78 is 11.4. The Hall–Kier alpha value is -4.50. The van der Waals surface area contributed by atoms with Crippen LogP contribution in [0.1, 0.15) is 22.7 Å².